The number of halogens is 1. The quantitative estimate of drug-likeness (QED) is 0.469. The number of anilines is 1. The van der Waals surface area contributed by atoms with E-state index in [-0.39, 0.29) is 5.91 Å². The minimum Gasteiger partial charge on any atom is -0.319 e. The topological polar surface area (TPSA) is 64.2 Å². The Balaban J connectivity index is 1.34. The Morgan fingerprint density at radius 1 is 1.14 bits per heavy atom. The van der Waals surface area contributed by atoms with E-state index in [1.165, 1.54) is 11.3 Å². The van der Waals surface area contributed by atoms with Crippen molar-refractivity contribution in [2.75, 3.05) is 5.32 Å². The molecule has 1 N–H and O–H groups in total. The molecule has 0 saturated heterocycles. The Bertz CT molecular complexity index is 1290. The number of rotatable bonds is 4. The van der Waals surface area contributed by atoms with E-state index in [1.54, 1.807) is 17.1 Å². The number of nitrogens with zero attached hydrogens (tertiary/aromatic N) is 4. The first-order valence-electron chi connectivity index (χ1n) is 8.61. The van der Waals surface area contributed by atoms with E-state index in [1.807, 2.05) is 59.3 Å². The Morgan fingerprint density at radius 3 is 2.86 bits per heavy atom. The van der Waals surface area contributed by atoms with Crippen LogP contribution in [0.1, 0.15) is 15.4 Å². The molecule has 6 nitrogen and oxygen atoms in total. The van der Waals surface area contributed by atoms with Gasteiger partial charge in [0.05, 0.1) is 29.1 Å². The number of nitrogens with one attached hydrogen (secondary N) is 1. The third kappa shape index (κ3) is 3.04. The minimum atomic E-state index is -0.238. The molecule has 0 fully saturated rings. The molecule has 4 heterocycles. The van der Waals surface area contributed by atoms with Gasteiger partial charge in [-0.2, -0.15) is 5.10 Å². The lowest BCUT2D eigenvalue weighted by Gasteiger charge is -2.00. The van der Waals surface area contributed by atoms with Crippen molar-refractivity contribution in [3.63, 3.8) is 0 Å². The van der Waals surface area contributed by atoms with Crippen molar-refractivity contribution in [1.29, 1.82) is 0 Å². The van der Waals surface area contributed by atoms with Crippen LogP contribution in [-0.4, -0.2) is 25.1 Å². The molecule has 0 aliphatic rings. The number of benzene rings is 1. The summed E-state index contributed by atoms with van der Waals surface area (Å²) in [7, 11) is 0. The van der Waals surface area contributed by atoms with Gasteiger partial charge in [0, 0.05) is 28.7 Å². The van der Waals surface area contributed by atoms with Crippen LogP contribution in [-0.2, 0) is 6.54 Å². The molecule has 5 rings (SSSR count). The summed E-state index contributed by atoms with van der Waals surface area (Å²) < 4.78 is 4.69. The number of pyridine rings is 1. The fourth-order valence-corrected chi connectivity index (χ4v) is 4.50. The maximum absolute atomic E-state index is 12.7. The lowest BCUT2D eigenvalue weighted by molar-refractivity contribution is 0.103. The van der Waals surface area contributed by atoms with Crippen LogP contribution in [0.15, 0.2) is 67.3 Å². The molecule has 5 aromatic rings. The number of carbonyl (C=O) groups is 1. The number of hydrogen-bond acceptors (Lipinski definition) is 4. The van der Waals surface area contributed by atoms with Gasteiger partial charge in [0.1, 0.15) is 10.5 Å². The molecular formula is C20H14ClN5OS. The van der Waals surface area contributed by atoms with E-state index in [9.17, 15) is 4.79 Å². The second kappa shape index (κ2) is 6.78. The van der Waals surface area contributed by atoms with Crippen LogP contribution in [0.25, 0.3) is 15.7 Å². The summed E-state index contributed by atoms with van der Waals surface area (Å²) >= 11 is 7.77. The highest BCUT2D eigenvalue weighted by atomic mass is 35.5. The van der Waals surface area contributed by atoms with Crippen LogP contribution in [0, 0.1) is 0 Å². The van der Waals surface area contributed by atoms with Crippen molar-refractivity contribution in [3.8, 4) is 0 Å². The second-order valence-electron chi connectivity index (χ2n) is 6.32. The average molecular weight is 408 g/mol. The highest BCUT2D eigenvalue weighted by molar-refractivity contribution is 7.21. The molecule has 0 atom stereocenters. The summed E-state index contributed by atoms with van der Waals surface area (Å²) in [5, 5.41) is 8.56. The number of thiophene rings is 1. The number of carbonyl (C=O) groups excluding carboxylic acids is 1. The zero-order valence-corrected chi connectivity index (χ0v) is 16.1. The van der Waals surface area contributed by atoms with Gasteiger partial charge in [0.15, 0.2) is 0 Å². The molecule has 4 aromatic heterocycles. The van der Waals surface area contributed by atoms with Crippen LogP contribution in [0.3, 0.4) is 0 Å². The van der Waals surface area contributed by atoms with Crippen LogP contribution < -0.4 is 5.32 Å². The number of hydrogen-bond donors (Lipinski definition) is 1. The zero-order valence-electron chi connectivity index (χ0n) is 14.5. The van der Waals surface area contributed by atoms with Crippen molar-refractivity contribution in [1.82, 2.24) is 19.2 Å². The number of fused-ring (bicyclic) bond motifs is 2. The summed E-state index contributed by atoms with van der Waals surface area (Å²) in [6, 6.07) is 13.6. The Morgan fingerprint density at radius 2 is 2.00 bits per heavy atom. The molecule has 0 radical (unpaired) electrons. The van der Waals surface area contributed by atoms with E-state index < -0.39 is 0 Å². The van der Waals surface area contributed by atoms with Gasteiger partial charge in [-0.15, -0.1) is 11.3 Å². The average Bonchev–Trinajstić information content (AvgIpc) is 3.39. The van der Waals surface area contributed by atoms with Gasteiger partial charge in [-0.05, 0) is 18.2 Å². The summed E-state index contributed by atoms with van der Waals surface area (Å²) in [6.45, 7) is 0.515. The van der Waals surface area contributed by atoms with Gasteiger partial charge in [-0.25, -0.2) is 4.98 Å². The van der Waals surface area contributed by atoms with E-state index in [2.05, 4.69) is 15.4 Å². The van der Waals surface area contributed by atoms with Gasteiger partial charge in [-0.3, -0.25) is 9.48 Å². The maximum Gasteiger partial charge on any atom is 0.267 e. The van der Waals surface area contributed by atoms with Gasteiger partial charge in [0.25, 0.3) is 5.91 Å². The van der Waals surface area contributed by atoms with Crippen molar-refractivity contribution in [3.05, 3.63) is 82.8 Å². The maximum atomic E-state index is 12.7. The second-order valence-corrected chi connectivity index (χ2v) is 7.75. The van der Waals surface area contributed by atoms with Gasteiger partial charge < -0.3 is 9.72 Å². The monoisotopic (exact) mass is 407 g/mol. The fraction of sp³-hybridized carbons (Fsp3) is 0.0500. The molecule has 1 aromatic carbocycles. The highest BCUT2D eigenvalue weighted by Crippen LogP contribution is 2.35. The molecule has 0 unspecified atom stereocenters. The summed E-state index contributed by atoms with van der Waals surface area (Å²) in [4.78, 5) is 17.7. The van der Waals surface area contributed by atoms with E-state index in [0.29, 0.717) is 22.1 Å². The summed E-state index contributed by atoms with van der Waals surface area (Å²) in [5.41, 5.74) is 2.39. The zero-order chi connectivity index (χ0) is 19.1. The Labute approximate surface area is 169 Å². The highest BCUT2D eigenvalue weighted by Gasteiger charge is 2.17. The Kier molecular flexibility index (Phi) is 4.11. The van der Waals surface area contributed by atoms with Crippen LogP contribution in [0.5, 0.6) is 0 Å². The van der Waals surface area contributed by atoms with E-state index in [4.69, 9.17) is 11.6 Å². The van der Waals surface area contributed by atoms with Crippen LogP contribution >= 0.6 is 22.9 Å². The molecule has 0 aliphatic carbocycles. The van der Waals surface area contributed by atoms with Crippen LogP contribution in [0.4, 0.5) is 5.69 Å². The lowest BCUT2D eigenvalue weighted by Crippen LogP contribution is -2.10. The first kappa shape index (κ1) is 17.0. The normalized spacial score (nSPS) is 11.3. The molecule has 28 heavy (non-hydrogen) atoms. The molecule has 138 valence electrons. The van der Waals surface area contributed by atoms with Crippen molar-refractivity contribution in [2.24, 2.45) is 0 Å². The van der Waals surface area contributed by atoms with Gasteiger partial charge in [0.2, 0.25) is 0 Å². The molecule has 0 bridgehead atoms. The molecule has 0 spiro atoms. The third-order valence-corrected chi connectivity index (χ3v) is 6.04. The largest absolute Gasteiger partial charge is 0.319 e. The number of aromatic nitrogens is 4. The van der Waals surface area contributed by atoms with Crippen LogP contribution in [0.2, 0.25) is 5.02 Å². The van der Waals surface area contributed by atoms with Crippen molar-refractivity contribution >= 4 is 50.3 Å². The first-order valence-corrected chi connectivity index (χ1v) is 9.80. The lowest BCUT2D eigenvalue weighted by atomic mass is 10.2. The predicted octanol–water partition coefficient (Wildman–Crippen LogP) is 4.70. The minimum absolute atomic E-state index is 0.238. The van der Waals surface area contributed by atoms with Gasteiger partial charge in [-0.1, -0.05) is 35.9 Å². The summed E-state index contributed by atoms with van der Waals surface area (Å²) in [5.74, 6) is -0.238. The molecule has 0 saturated carbocycles. The fourth-order valence-electron chi connectivity index (χ4n) is 3.09. The van der Waals surface area contributed by atoms with E-state index >= 15 is 0 Å². The molecule has 8 heteroatoms. The third-order valence-electron chi connectivity index (χ3n) is 4.37. The SMILES string of the molecule is O=C(Nc1cnn(Cc2cn3ccccc3n2)c1)c1sc2ccccc2c1Cl. The predicted molar refractivity (Wildman–Crippen MR) is 111 cm³/mol. The molecule has 0 aliphatic heterocycles. The van der Waals surface area contributed by atoms with Gasteiger partial charge >= 0.3 is 0 Å². The van der Waals surface area contributed by atoms with E-state index in [0.717, 1.165) is 21.4 Å². The number of amides is 1. The summed E-state index contributed by atoms with van der Waals surface area (Å²) in [6.07, 6.45) is 7.32. The molecule has 1 amide bonds. The smallest absolute Gasteiger partial charge is 0.267 e. The number of imidazole rings is 1. The first-order chi connectivity index (χ1) is 13.7. The standard InChI is InChI=1S/C20H14ClN5OS/c21-18-15-5-1-2-6-16(15)28-19(18)20(27)24-13-9-22-26(11-13)12-14-10-25-8-4-3-7-17(25)23-14/h1-11H,12H2,(H,24,27). The van der Waals surface area contributed by atoms with Crippen molar-refractivity contribution in [2.45, 2.75) is 6.54 Å². The molecular weight excluding hydrogens is 394 g/mol. The van der Waals surface area contributed by atoms with Crippen molar-refractivity contribution < 1.29 is 4.79 Å². The Hall–Kier alpha value is -3.16.